The van der Waals surface area contributed by atoms with Crippen LogP contribution in [0.5, 0.6) is 11.5 Å². The lowest BCUT2D eigenvalue weighted by molar-refractivity contribution is 0.204. The van der Waals surface area contributed by atoms with Crippen LogP contribution >= 0.6 is 11.8 Å². The molecule has 0 saturated heterocycles. The zero-order valence-corrected chi connectivity index (χ0v) is 18.8. The van der Waals surface area contributed by atoms with E-state index in [1.54, 1.807) is 26.0 Å². The zero-order valence-electron chi connectivity index (χ0n) is 18.0. The Bertz CT molecular complexity index is 987. The molecule has 1 aliphatic carbocycles. The average molecular weight is 440 g/mol. The molecule has 7 heteroatoms. The molecule has 0 amide bonds. The van der Waals surface area contributed by atoms with Crippen molar-refractivity contribution in [2.24, 2.45) is 0 Å². The average Bonchev–Trinajstić information content (AvgIpc) is 3.27. The summed E-state index contributed by atoms with van der Waals surface area (Å²) in [6, 6.07) is 16.0. The summed E-state index contributed by atoms with van der Waals surface area (Å²) in [6.07, 6.45) is 5.39. The predicted molar refractivity (Wildman–Crippen MR) is 123 cm³/mol. The van der Waals surface area contributed by atoms with E-state index in [0.29, 0.717) is 23.3 Å². The Labute approximate surface area is 187 Å². The van der Waals surface area contributed by atoms with Crippen molar-refractivity contribution in [3.05, 3.63) is 54.1 Å². The Balaban J connectivity index is 1.64. The van der Waals surface area contributed by atoms with Gasteiger partial charge < -0.3 is 14.6 Å². The van der Waals surface area contributed by atoms with Gasteiger partial charge in [-0.25, -0.2) is 0 Å². The summed E-state index contributed by atoms with van der Waals surface area (Å²) in [7, 11) is 3.27. The van der Waals surface area contributed by atoms with Gasteiger partial charge in [0, 0.05) is 17.4 Å². The number of aliphatic hydroxyl groups is 1. The van der Waals surface area contributed by atoms with Crippen LogP contribution in [0.4, 0.5) is 0 Å². The number of rotatable bonds is 8. The number of aliphatic hydroxyl groups excluding tert-OH is 1. The van der Waals surface area contributed by atoms with Crippen LogP contribution in [0, 0.1) is 0 Å². The van der Waals surface area contributed by atoms with Crippen LogP contribution in [-0.2, 0) is 0 Å². The van der Waals surface area contributed by atoms with Gasteiger partial charge in [-0.05, 0) is 36.6 Å². The second-order valence-corrected chi connectivity index (χ2v) is 8.76. The standard InChI is InChI=1S/C24H29N3O3S/c1-29-21-14-13-18(15-22(21)30-2)23-25-26-24(27(23)19-11-7-4-8-12-19)31-16-20(28)17-9-5-3-6-10-17/h3,5-6,9-10,13-15,19-20,28H,4,7-8,11-12,16H2,1-2H3/t20-/m0/s1. The summed E-state index contributed by atoms with van der Waals surface area (Å²) in [4.78, 5) is 0. The van der Waals surface area contributed by atoms with Crippen LogP contribution in [0.3, 0.4) is 0 Å². The monoisotopic (exact) mass is 439 g/mol. The Morgan fingerprint density at radius 2 is 1.74 bits per heavy atom. The first kappa shape index (κ1) is 21.7. The van der Waals surface area contributed by atoms with Gasteiger partial charge in [0.2, 0.25) is 0 Å². The fraction of sp³-hybridized carbons (Fsp3) is 0.417. The maximum absolute atomic E-state index is 10.6. The maximum Gasteiger partial charge on any atom is 0.191 e. The highest BCUT2D eigenvalue weighted by molar-refractivity contribution is 7.99. The van der Waals surface area contributed by atoms with Crippen molar-refractivity contribution in [3.63, 3.8) is 0 Å². The lowest BCUT2D eigenvalue weighted by atomic mass is 9.95. The molecule has 0 radical (unpaired) electrons. The van der Waals surface area contributed by atoms with Crippen LogP contribution < -0.4 is 9.47 Å². The predicted octanol–water partition coefficient (Wildman–Crippen LogP) is 5.29. The van der Waals surface area contributed by atoms with E-state index in [1.807, 2.05) is 48.5 Å². The van der Waals surface area contributed by atoms with Crippen molar-refractivity contribution in [2.45, 2.75) is 49.4 Å². The third kappa shape index (κ3) is 4.88. The fourth-order valence-corrected chi connectivity index (χ4v) is 5.11. The number of hydrogen-bond acceptors (Lipinski definition) is 6. The first-order valence-corrected chi connectivity index (χ1v) is 11.7. The third-order valence-corrected chi connectivity index (χ3v) is 6.82. The first-order chi connectivity index (χ1) is 15.2. The summed E-state index contributed by atoms with van der Waals surface area (Å²) < 4.78 is 13.2. The number of hydrogen-bond donors (Lipinski definition) is 1. The van der Waals surface area contributed by atoms with Crippen molar-refractivity contribution in [1.29, 1.82) is 0 Å². The van der Waals surface area contributed by atoms with E-state index in [2.05, 4.69) is 14.8 Å². The van der Waals surface area contributed by atoms with Gasteiger partial charge in [-0.15, -0.1) is 10.2 Å². The van der Waals surface area contributed by atoms with Crippen LogP contribution in [0.15, 0.2) is 53.7 Å². The summed E-state index contributed by atoms with van der Waals surface area (Å²) in [6.45, 7) is 0. The van der Waals surface area contributed by atoms with Crippen LogP contribution in [0.25, 0.3) is 11.4 Å². The molecule has 0 unspecified atom stereocenters. The van der Waals surface area contributed by atoms with Gasteiger partial charge in [0.25, 0.3) is 0 Å². The van der Waals surface area contributed by atoms with Crippen LogP contribution in [0.2, 0.25) is 0 Å². The molecular formula is C24H29N3O3S. The molecule has 2 aromatic carbocycles. The molecule has 0 bridgehead atoms. The second-order valence-electron chi connectivity index (χ2n) is 7.78. The molecule has 3 aromatic rings. The Hall–Kier alpha value is -2.51. The van der Waals surface area contributed by atoms with Gasteiger partial charge in [-0.3, -0.25) is 4.57 Å². The Morgan fingerprint density at radius 3 is 2.45 bits per heavy atom. The topological polar surface area (TPSA) is 69.4 Å². The highest BCUT2D eigenvalue weighted by Crippen LogP contribution is 2.38. The molecule has 0 aliphatic heterocycles. The fourth-order valence-electron chi connectivity index (χ4n) is 4.14. The molecule has 31 heavy (non-hydrogen) atoms. The van der Waals surface area contributed by atoms with E-state index in [4.69, 9.17) is 9.47 Å². The molecular weight excluding hydrogens is 410 g/mol. The number of methoxy groups -OCH3 is 2. The molecule has 1 fully saturated rings. The molecule has 0 spiro atoms. The van der Waals surface area contributed by atoms with Crippen molar-refractivity contribution in [1.82, 2.24) is 14.8 Å². The Morgan fingerprint density at radius 1 is 1.00 bits per heavy atom. The second kappa shape index (κ2) is 10.2. The molecule has 4 rings (SSSR count). The van der Waals surface area contributed by atoms with E-state index < -0.39 is 6.10 Å². The van der Waals surface area contributed by atoms with Gasteiger partial charge in [0.1, 0.15) is 0 Å². The molecule has 1 atom stereocenters. The van der Waals surface area contributed by atoms with Crippen molar-refractivity contribution >= 4 is 11.8 Å². The van der Waals surface area contributed by atoms with Gasteiger partial charge in [-0.2, -0.15) is 0 Å². The molecule has 6 nitrogen and oxygen atoms in total. The number of aromatic nitrogens is 3. The molecule has 1 aliphatic rings. The molecule has 1 saturated carbocycles. The van der Waals surface area contributed by atoms with Gasteiger partial charge >= 0.3 is 0 Å². The largest absolute Gasteiger partial charge is 0.493 e. The van der Waals surface area contributed by atoms with Crippen molar-refractivity contribution in [2.75, 3.05) is 20.0 Å². The highest BCUT2D eigenvalue weighted by atomic mass is 32.2. The van der Waals surface area contributed by atoms with E-state index >= 15 is 0 Å². The van der Waals surface area contributed by atoms with Gasteiger partial charge in [0.15, 0.2) is 22.5 Å². The number of ether oxygens (including phenoxy) is 2. The van der Waals surface area contributed by atoms with Gasteiger partial charge in [-0.1, -0.05) is 61.4 Å². The van der Waals surface area contributed by atoms with Crippen LogP contribution in [0.1, 0.15) is 49.8 Å². The molecule has 1 N–H and O–H groups in total. The minimum absolute atomic E-state index is 0.364. The smallest absolute Gasteiger partial charge is 0.191 e. The first-order valence-electron chi connectivity index (χ1n) is 10.7. The molecule has 164 valence electrons. The summed E-state index contributed by atoms with van der Waals surface area (Å²) in [5.74, 6) is 2.73. The SMILES string of the molecule is COc1ccc(-c2nnc(SC[C@H](O)c3ccccc3)n2C2CCCCC2)cc1OC. The lowest BCUT2D eigenvalue weighted by Crippen LogP contribution is -2.15. The minimum Gasteiger partial charge on any atom is -0.493 e. The highest BCUT2D eigenvalue weighted by Gasteiger charge is 2.25. The van der Waals surface area contributed by atoms with Crippen molar-refractivity contribution < 1.29 is 14.6 Å². The summed E-state index contributed by atoms with van der Waals surface area (Å²) in [5, 5.41) is 20.6. The minimum atomic E-state index is -0.549. The van der Waals surface area contributed by atoms with E-state index in [9.17, 15) is 5.11 Å². The third-order valence-electron chi connectivity index (χ3n) is 5.80. The normalized spacial score (nSPS) is 15.6. The van der Waals surface area contributed by atoms with E-state index in [-0.39, 0.29) is 0 Å². The van der Waals surface area contributed by atoms with Crippen molar-refractivity contribution in [3.8, 4) is 22.9 Å². The summed E-state index contributed by atoms with van der Waals surface area (Å²) >= 11 is 1.56. The van der Waals surface area contributed by atoms with E-state index in [1.165, 1.54) is 19.3 Å². The number of nitrogens with zero attached hydrogens (tertiary/aromatic N) is 3. The lowest BCUT2D eigenvalue weighted by Gasteiger charge is -2.26. The van der Waals surface area contributed by atoms with Crippen LogP contribution in [-0.4, -0.2) is 39.8 Å². The molecule has 1 heterocycles. The summed E-state index contributed by atoms with van der Waals surface area (Å²) in [5.41, 5.74) is 1.87. The molecule has 1 aromatic heterocycles. The Kier molecular flexibility index (Phi) is 7.14. The number of thioether (sulfide) groups is 1. The number of benzene rings is 2. The zero-order chi connectivity index (χ0) is 21.6. The maximum atomic E-state index is 10.6. The van der Waals surface area contributed by atoms with Gasteiger partial charge in [0.05, 0.1) is 20.3 Å². The quantitative estimate of drug-likeness (QED) is 0.481. The van der Waals surface area contributed by atoms with E-state index in [0.717, 1.165) is 34.9 Å².